The molecule has 1 heterocycles. The average molecular weight is 922 g/mol. The van der Waals surface area contributed by atoms with Crippen molar-refractivity contribution >= 4 is 46.9 Å². The monoisotopic (exact) mass is 921 g/mol. The number of halogens is 1. The van der Waals surface area contributed by atoms with Gasteiger partial charge in [-0.25, -0.2) is 0 Å². The first-order valence-electron chi connectivity index (χ1n) is 21.4. The second-order valence-electron chi connectivity index (χ2n) is 15.8. The van der Waals surface area contributed by atoms with E-state index in [9.17, 15) is 33.9 Å². The Morgan fingerprint density at radius 1 is 0.894 bits per heavy atom. The highest BCUT2D eigenvalue weighted by molar-refractivity contribution is 6.30. The summed E-state index contributed by atoms with van der Waals surface area (Å²) in [5, 5.41) is 22.5. The molecule has 0 spiro atoms. The Bertz CT molecular complexity index is 2490. The minimum atomic E-state index is -1.76. The lowest BCUT2D eigenvalue weighted by molar-refractivity contribution is -0.142. The maximum absolute atomic E-state index is 14.8. The molecule has 5 amide bonds. The van der Waals surface area contributed by atoms with Crippen molar-refractivity contribution < 1.29 is 38.6 Å². The fraction of sp³-hybridized carbons (Fsp3) is 0.333. The zero-order chi connectivity index (χ0) is 48.1. The fourth-order valence-electron chi connectivity index (χ4n) is 7.28. The zero-order valence-corrected chi connectivity index (χ0v) is 37.7. The summed E-state index contributed by atoms with van der Waals surface area (Å²) in [6.07, 6.45) is -0.801. The van der Waals surface area contributed by atoms with E-state index in [1.165, 1.54) is 39.1 Å². The summed E-state index contributed by atoms with van der Waals surface area (Å²) < 4.78 is 6.16. The van der Waals surface area contributed by atoms with E-state index >= 15 is 0 Å². The summed E-state index contributed by atoms with van der Waals surface area (Å²) >= 11 is 6.06. The van der Waals surface area contributed by atoms with Crippen LogP contribution in [0.15, 0.2) is 78.9 Å². The molecule has 1 aliphatic heterocycles. The van der Waals surface area contributed by atoms with Gasteiger partial charge in [0.2, 0.25) is 17.7 Å². The fourth-order valence-corrected chi connectivity index (χ4v) is 7.41. The number of nitrogens with zero attached hydrogens (tertiary/aromatic N) is 1. The molecule has 348 valence electrons. The molecular weight excluding hydrogens is 866 g/mol. The van der Waals surface area contributed by atoms with Gasteiger partial charge in [-0.15, -0.1) is 0 Å². The number of benzene rings is 4. The molecule has 13 N–H and O–H groups in total. The van der Waals surface area contributed by atoms with E-state index in [-0.39, 0.29) is 77.6 Å². The summed E-state index contributed by atoms with van der Waals surface area (Å²) in [6.45, 7) is 3.15. The van der Waals surface area contributed by atoms with Crippen LogP contribution in [0.5, 0.6) is 11.5 Å². The van der Waals surface area contributed by atoms with Crippen LogP contribution in [0, 0.1) is 11.8 Å². The van der Waals surface area contributed by atoms with Gasteiger partial charge in [-0.3, -0.25) is 28.8 Å². The van der Waals surface area contributed by atoms with Gasteiger partial charge in [-0.2, -0.15) is 0 Å². The number of Topliss-reactive ketones (excluding diaryl/α,β-unsaturated/α-hetero) is 1. The highest BCUT2D eigenvalue weighted by Crippen LogP contribution is 2.42. The number of ketones is 1. The van der Waals surface area contributed by atoms with Crippen LogP contribution >= 0.6 is 11.6 Å². The van der Waals surface area contributed by atoms with Gasteiger partial charge in [0, 0.05) is 41.7 Å². The van der Waals surface area contributed by atoms with Crippen molar-refractivity contribution in [3.05, 3.63) is 106 Å². The Hall–Kier alpha value is -6.81. The largest absolute Gasteiger partial charge is 0.507 e. The summed E-state index contributed by atoms with van der Waals surface area (Å²) in [4.78, 5) is 84.0. The van der Waals surface area contributed by atoms with Crippen molar-refractivity contribution in [2.75, 3.05) is 33.3 Å². The van der Waals surface area contributed by atoms with E-state index in [2.05, 4.69) is 33.1 Å². The van der Waals surface area contributed by atoms with E-state index in [1.54, 1.807) is 48.5 Å². The average Bonchev–Trinajstić information content (AvgIpc) is 3.29. The minimum Gasteiger partial charge on any atom is -0.507 e. The maximum atomic E-state index is 14.8. The molecule has 1 aliphatic rings. The number of nitrogens with two attached hydrogens (primary N) is 4. The number of phenolic OH excluding ortho intramolecular Hbond substituents is 1. The van der Waals surface area contributed by atoms with Gasteiger partial charge in [-0.1, -0.05) is 53.8 Å². The molecule has 0 fully saturated rings. The van der Waals surface area contributed by atoms with Crippen molar-refractivity contribution in [2.24, 2.45) is 22.9 Å². The normalized spacial score (nSPS) is 16.8. The summed E-state index contributed by atoms with van der Waals surface area (Å²) in [7, 11) is 1.36. The van der Waals surface area contributed by atoms with E-state index in [0.717, 1.165) is 16.0 Å². The highest BCUT2D eigenvalue weighted by atomic mass is 35.5. The number of carbonyl (C=O) groups is 6. The first kappa shape index (κ1) is 50.2. The molecule has 0 saturated heterocycles. The molecule has 4 bridgehead atoms. The zero-order valence-electron chi connectivity index (χ0n) is 37.0. The number of amides is 5. The Labute approximate surface area is 388 Å². The number of fused-ring (bicyclic) bond motifs is 5. The third kappa shape index (κ3) is 12.7. The van der Waals surface area contributed by atoms with E-state index in [0.29, 0.717) is 30.0 Å². The number of aromatic hydroxyl groups is 1. The van der Waals surface area contributed by atoms with Crippen LogP contribution in [0.3, 0.4) is 0 Å². The maximum Gasteiger partial charge on any atom is 0.258 e. The highest BCUT2D eigenvalue weighted by Gasteiger charge is 2.37. The molecule has 66 heavy (non-hydrogen) atoms. The Morgan fingerprint density at radius 2 is 1.58 bits per heavy atom. The van der Waals surface area contributed by atoms with Crippen LogP contribution in [0.2, 0.25) is 5.02 Å². The number of rotatable bonds is 15. The summed E-state index contributed by atoms with van der Waals surface area (Å²) in [5.74, 6) is 1.53. The number of hydrogen-bond donors (Lipinski definition) is 9. The van der Waals surface area contributed by atoms with Crippen LogP contribution in [0.4, 0.5) is 0 Å². The third-order valence-corrected chi connectivity index (χ3v) is 11.2. The van der Waals surface area contributed by atoms with Crippen LogP contribution < -0.4 is 48.9 Å². The van der Waals surface area contributed by atoms with E-state index < -0.39 is 59.9 Å². The smallest absolute Gasteiger partial charge is 0.258 e. The number of phenols is 1. The molecule has 0 saturated carbocycles. The van der Waals surface area contributed by atoms with Crippen LogP contribution in [0.1, 0.15) is 66.2 Å². The van der Waals surface area contributed by atoms with E-state index in [1.807, 2.05) is 12.1 Å². The molecule has 5 atom stereocenters. The summed E-state index contributed by atoms with van der Waals surface area (Å²) in [5.41, 5.74) is 27.0. The first-order chi connectivity index (χ1) is 31.6. The van der Waals surface area contributed by atoms with Crippen molar-refractivity contribution in [3.63, 3.8) is 0 Å². The van der Waals surface area contributed by atoms with Crippen molar-refractivity contribution in [2.45, 2.75) is 69.9 Å². The Balaban J connectivity index is 1.64. The van der Waals surface area contributed by atoms with Gasteiger partial charge < -0.3 is 58.9 Å². The lowest BCUT2D eigenvalue weighted by Crippen LogP contribution is -2.60. The number of unbranched alkanes of at least 4 members (excludes halogenated alkanes) is 1. The summed E-state index contributed by atoms with van der Waals surface area (Å²) in [6, 6.07) is 16.6. The second-order valence-corrected chi connectivity index (χ2v) is 16.2. The standard InChI is InChI=1S/C48H56ClN9O8/c1-27(28(2)59)54-45(62)39-24-29-9-18-40(60)36(23-29)37-26-34(25-33(7-6-20-51)42(37)66-22-21-52)41(46(63)57-43(53)47(64)56-39)58(3)48(65)38(8-4-5-19-50)55-44(61)32-12-10-30(11-13-32)31-14-16-35(49)17-15-31/h9-18,23,25-27,38-39,41,43,60H,4-5,8,19-22,24,50-53H2,1-3H3,(H,54,62)(H,55,61)(H,56,64)(H,57,63)/t27-,38-,39-,41-,43+/m0/s1. The first-order valence-corrected chi connectivity index (χ1v) is 21.8. The van der Waals surface area contributed by atoms with Gasteiger partial charge in [-0.05, 0) is 110 Å². The molecule has 4 aromatic rings. The molecule has 4 aromatic carbocycles. The van der Waals surface area contributed by atoms with Gasteiger partial charge in [0.25, 0.3) is 11.8 Å². The Kier molecular flexibility index (Phi) is 17.8. The number of ether oxygens (including phenoxy) is 1. The van der Waals surface area contributed by atoms with Crippen LogP contribution in [-0.2, 0) is 30.4 Å². The van der Waals surface area contributed by atoms with Gasteiger partial charge in [0.1, 0.15) is 36.2 Å². The van der Waals surface area contributed by atoms with Crippen molar-refractivity contribution in [1.82, 2.24) is 26.2 Å². The molecule has 0 radical (unpaired) electrons. The molecular formula is C48H56ClN9O8. The lowest BCUT2D eigenvalue weighted by Gasteiger charge is -2.33. The van der Waals surface area contributed by atoms with Gasteiger partial charge >= 0.3 is 0 Å². The SMILES string of the molecule is CC(=O)[C@H](C)NC(=O)[C@@H]1Cc2ccc(O)c(c2)-c2cc(cc(C#CCN)c2OCCN)[C@H](N(C)C(=O)[C@H](CCCCN)NC(=O)c2ccc(-c3ccc(Cl)cc3)cc2)C(=O)N[C@@H](N)C(=O)N1. The predicted molar refractivity (Wildman–Crippen MR) is 251 cm³/mol. The van der Waals surface area contributed by atoms with Gasteiger partial charge in [0.05, 0.1) is 18.2 Å². The van der Waals surface area contributed by atoms with Crippen LogP contribution in [0.25, 0.3) is 22.3 Å². The Morgan fingerprint density at radius 3 is 2.21 bits per heavy atom. The van der Waals surface area contributed by atoms with Gasteiger partial charge in [0.15, 0.2) is 11.9 Å². The molecule has 0 unspecified atom stereocenters. The molecule has 18 heteroatoms. The minimum absolute atomic E-state index is 0.0118. The topological polar surface area (TPSA) is 287 Å². The predicted octanol–water partition coefficient (Wildman–Crippen LogP) is 1.99. The molecule has 5 rings (SSSR count). The quantitative estimate of drug-likeness (QED) is 0.0612. The number of nitrogens with one attached hydrogen (secondary N) is 4. The van der Waals surface area contributed by atoms with Crippen molar-refractivity contribution in [3.8, 4) is 45.6 Å². The van der Waals surface area contributed by atoms with Crippen molar-refractivity contribution in [1.29, 1.82) is 0 Å². The number of likely N-dealkylation sites (N-methyl/N-ethyl adjacent to an activating group) is 1. The number of carbonyl (C=O) groups excluding carboxylic acids is 6. The molecule has 0 aromatic heterocycles. The lowest BCUT2D eigenvalue weighted by atomic mass is 9.91. The molecule has 0 aliphatic carbocycles. The molecule has 17 nitrogen and oxygen atoms in total. The third-order valence-electron chi connectivity index (χ3n) is 10.9. The number of hydrogen-bond acceptors (Lipinski definition) is 12. The second kappa shape index (κ2) is 23.4. The van der Waals surface area contributed by atoms with Crippen LogP contribution in [-0.4, -0.2) is 103 Å². The van der Waals surface area contributed by atoms with E-state index in [4.69, 9.17) is 39.3 Å².